The molecule has 15 heavy (non-hydrogen) atoms. The highest BCUT2D eigenvalue weighted by molar-refractivity contribution is 8.24. The third kappa shape index (κ3) is 2.02. The monoisotopic (exact) mass is 257 g/mol. The molecular weight excluding hydrogens is 250 g/mol. The highest BCUT2D eigenvalue weighted by Gasteiger charge is 2.28. The number of carbonyl (C=O) groups excluding carboxylic acids is 1. The van der Waals surface area contributed by atoms with Crippen LogP contribution in [0.25, 0.3) is 0 Å². The van der Waals surface area contributed by atoms with Crippen molar-refractivity contribution in [3.8, 4) is 0 Å². The first-order chi connectivity index (χ1) is 7.09. The Labute approximate surface area is 103 Å². The lowest BCUT2D eigenvalue weighted by molar-refractivity contribution is -0.115. The molecule has 0 atom stereocenters. The maximum absolute atomic E-state index is 11.6. The summed E-state index contributed by atoms with van der Waals surface area (Å²) in [5.74, 6) is 0.465. The van der Waals surface area contributed by atoms with Crippen LogP contribution in [0, 0.1) is 6.92 Å². The number of nitrogens with zero attached hydrogens (tertiary/aromatic N) is 1. The second kappa shape index (κ2) is 4.12. The van der Waals surface area contributed by atoms with Crippen molar-refractivity contribution in [1.29, 1.82) is 0 Å². The van der Waals surface area contributed by atoms with E-state index in [0.717, 1.165) is 11.3 Å². The summed E-state index contributed by atoms with van der Waals surface area (Å²) in [6.45, 7) is 1.91. The molecule has 1 aromatic carbocycles. The molecule has 0 spiro atoms. The van der Waals surface area contributed by atoms with Crippen molar-refractivity contribution in [2.45, 2.75) is 6.92 Å². The lowest BCUT2D eigenvalue weighted by atomic mass is 10.2. The molecule has 0 aromatic heterocycles. The molecule has 1 heterocycles. The molecule has 0 unspecified atom stereocenters. The molecule has 2 nitrogen and oxygen atoms in total. The molecule has 1 saturated heterocycles. The van der Waals surface area contributed by atoms with Crippen LogP contribution in [-0.4, -0.2) is 16.0 Å². The van der Waals surface area contributed by atoms with Gasteiger partial charge in [-0.15, -0.1) is 0 Å². The standard InChI is InChI=1S/C10H8ClNOS2/c1-6-4-7(2-3-8(6)11)12-9(13)5-15-10(12)14/h2-4H,5H2,1H3. The van der Waals surface area contributed by atoms with Crippen molar-refractivity contribution in [3.05, 3.63) is 28.8 Å². The molecule has 1 fully saturated rings. The average molecular weight is 258 g/mol. The van der Waals surface area contributed by atoms with Crippen LogP contribution < -0.4 is 4.90 Å². The fraction of sp³-hybridized carbons (Fsp3) is 0.200. The van der Waals surface area contributed by atoms with Crippen LogP contribution in [-0.2, 0) is 4.79 Å². The zero-order valence-electron chi connectivity index (χ0n) is 7.99. The van der Waals surface area contributed by atoms with Crippen molar-refractivity contribution >= 4 is 51.5 Å². The van der Waals surface area contributed by atoms with Gasteiger partial charge in [-0.1, -0.05) is 35.6 Å². The Balaban J connectivity index is 2.41. The van der Waals surface area contributed by atoms with Gasteiger partial charge in [-0.2, -0.15) is 0 Å². The molecular formula is C10H8ClNOS2. The lowest BCUT2D eigenvalue weighted by Gasteiger charge is -2.15. The first-order valence-corrected chi connectivity index (χ1v) is 6.12. The summed E-state index contributed by atoms with van der Waals surface area (Å²) in [6, 6.07) is 5.47. The maximum atomic E-state index is 11.6. The second-order valence-corrected chi connectivity index (χ2v) is 5.23. The van der Waals surface area contributed by atoms with E-state index in [2.05, 4.69) is 0 Å². The van der Waals surface area contributed by atoms with E-state index in [1.165, 1.54) is 11.8 Å². The van der Waals surface area contributed by atoms with Crippen molar-refractivity contribution < 1.29 is 4.79 Å². The number of aryl methyl sites for hydroxylation is 1. The van der Waals surface area contributed by atoms with E-state index >= 15 is 0 Å². The first kappa shape index (κ1) is 10.9. The van der Waals surface area contributed by atoms with Crippen LogP contribution in [0.4, 0.5) is 5.69 Å². The van der Waals surface area contributed by atoms with E-state index in [9.17, 15) is 4.79 Å². The van der Waals surface area contributed by atoms with Crippen LogP contribution in [0.3, 0.4) is 0 Å². The molecule has 0 N–H and O–H groups in total. The van der Waals surface area contributed by atoms with E-state index in [4.69, 9.17) is 23.8 Å². The highest BCUT2D eigenvalue weighted by Crippen LogP contribution is 2.29. The van der Waals surface area contributed by atoms with Gasteiger partial charge in [0.15, 0.2) is 0 Å². The Morgan fingerprint density at radius 1 is 1.53 bits per heavy atom. The maximum Gasteiger partial charge on any atom is 0.243 e. The SMILES string of the molecule is Cc1cc(N2C(=O)CSC2=S)ccc1Cl. The summed E-state index contributed by atoms with van der Waals surface area (Å²) >= 11 is 12.4. The third-order valence-corrected chi connectivity index (χ3v) is 3.93. The Kier molecular flexibility index (Phi) is 3.00. The fourth-order valence-electron chi connectivity index (χ4n) is 1.37. The van der Waals surface area contributed by atoms with Gasteiger partial charge in [-0.05, 0) is 30.7 Å². The van der Waals surface area contributed by atoms with Gasteiger partial charge in [0.1, 0.15) is 4.32 Å². The summed E-state index contributed by atoms with van der Waals surface area (Å²) in [7, 11) is 0. The number of benzene rings is 1. The molecule has 0 radical (unpaired) electrons. The molecule has 2 rings (SSSR count). The molecule has 0 bridgehead atoms. The minimum atomic E-state index is 0.0340. The number of amides is 1. The van der Waals surface area contributed by atoms with E-state index in [1.54, 1.807) is 11.0 Å². The van der Waals surface area contributed by atoms with Gasteiger partial charge in [-0.3, -0.25) is 9.69 Å². The predicted octanol–water partition coefficient (Wildman–Crippen LogP) is 3.01. The zero-order valence-corrected chi connectivity index (χ0v) is 10.4. The molecule has 0 saturated carbocycles. The Morgan fingerprint density at radius 3 is 2.80 bits per heavy atom. The molecule has 1 amide bonds. The van der Waals surface area contributed by atoms with Gasteiger partial charge in [0.25, 0.3) is 0 Å². The molecule has 0 aliphatic carbocycles. The second-order valence-electron chi connectivity index (χ2n) is 3.22. The van der Waals surface area contributed by atoms with E-state index in [1.807, 2.05) is 19.1 Å². The summed E-state index contributed by atoms with van der Waals surface area (Å²) in [5, 5.41) is 0.698. The number of hydrogen-bond donors (Lipinski definition) is 0. The smallest absolute Gasteiger partial charge is 0.243 e. The Morgan fingerprint density at radius 2 is 2.27 bits per heavy atom. The highest BCUT2D eigenvalue weighted by atomic mass is 35.5. The van der Waals surface area contributed by atoms with Gasteiger partial charge >= 0.3 is 0 Å². The lowest BCUT2D eigenvalue weighted by Crippen LogP contribution is -2.27. The average Bonchev–Trinajstić information content (AvgIpc) is 2.52. The largest absolute Gasteiger partial charge is 0.273 e. The number of hydrogen-bond acceptors (Lipinski definition) is 3. The van der Waals surface area contributed by atoms with Crippen LogP contribution in [0.15, 0.2) is 18.2 Å². The van der Waals surface area contributed by atoms with Crippen LogP contribution >= 0.6 is 35.6 Å². The number of carbonyl (C=O) groups is 1. The van der Waals surface area contributed by atoms with Crippen LogP contribution in [0.1, 0.15) is 5.56 Å². The number of thioether (sulfide) groups is 1. The van der Waals surface area contributed by atoms with Crippen molar-refractivity contribution in [2.24, 2.45) is 0 Å². The molecule has 78 valence electrons. The van der Waals surface area contributed by atoms with Gasteiger partial charge in [0.2, 0.25) is 5.91 Å². The van der Waals surface area contributed by atoms with E-state index < -0.39 is 0 Å². The van der Waals surface area contributed by atoms with Gasteiger partial charge < -0.3 is 0 Å². The van der Waals surface area contributed by atoms with Gasteiger partial charge in [-0.25, -0.2) is 0 Å². The van der Waals surface area contributed by atoms with Gasteiger partial charge in [0.05, 0.1) is 11.4 Å². The molecule has 1 aromatic rings. The normalized spacial score (nSPS) is 16.3. The number of halogens is 1. The van der Waals surface area contributed by atoms with Crippen molar-refractivity contribution in [1.82, 2.24) is 0 Å². The zero-order chi connectivity index (χ0) is 11.0. The van der Waals surface area contributed by atoms with Crippen LogP contribution in [0.2, 0.25) is 5.02 Å². The van der Waals surface area contributed by atoms with Crippen molar-refractivity contribution in [2.75, 3.05) is 10.7 Å². The number of anilines is 1. The number of rotatable bonds is 1. The molecule has 1 aliphatic heterocycles. The van der Waals surface area contributed by atoms with E-state index in [0.29, 0.717) is 15.1 Å². The summed E-state index contributed by atoms with van der Waals surface area (Å²) in [4.78, 5) is 13.1. The predicted molar refractivity (Wildman–Crippen MR) is 68.7 cm³/mol. The fourth-order valence-corrected chi connectivity index (χ4v) is 2.59. The van der Waals surface area contributed by atoms with Crippen molar-refractivity contribution in [3.63, 3.8) is 0 Å². The van der Waals surface area contributed by atoms with Crippen LogP contribution in [0.5, 0.6) is 0 Å². The minimum Gasteiger partial charge on any atom is -0.273 e. The van der Waals surface area contributed by atoms with Gasteiger partial charge in [0, 0.05) is 5.02 Å². The summed E-state index contributed by atoms with van der Waals surface area (Å²) < 4.78 is 0.613. The Hall–Kier alpha value is -0.580. The molecule has 5 heteroatoms. The first-order valence-electron chi connectivity index (χ1n) is 4.35. The third-order valence-electron chi connectivity index (χ3n) is 2.15. The minimum absolute atomic E-state index is 0.0340. The van der Waals surface area contributed by atoms with E-state index in [-0.39, 0.29) is 5.91 Å². The topological polar surface area (TPSA) is 20.3 Å². The quantitative estimate of drug-likeness (QED) is 0.722. The Bertz CT molecular complexity index is 431. The molecule has 1 aliphatic rings. The number of thiocarbonyl (C=S) groups is 1. The summed E-state index contributed by atoms with van der Waals surface area (Å²) in [6.07, 6.45) is 0. The summed E-state index contributed by atoms with van der Waals surface area (Å²) in [5.41, 5.74) is 1.75.